The van der Waals surface area contributed by atoms with E-state index in [1.165, 1.54) is 15.2 Å². The molecule has 1 atom stereocenters. The van der Waals surface area contributed by atoms with Crippen LogP contribution in [0.1, 0.15) is 18.8 Å². The van der Waals surface area contributed by atoms with E-state index in [4.69, 9.17) is 0 Å². The average Bonchev–Trinajstić information content (AvgIpc) is 3.15. The van der Waals surface area contributed by atoms with Crippen LogP contribution in [-0.4, -0.2) is 51.7 Å². The van der Waals surface area contributed by atoms with Gasteiger partial charge in [-0.15, -0.1) is 0 Å². The number of hydrogen-bond acceptors (Lipinski definition) is 5. The zero-order valence-corrected chi connectivity index (χ0v) is 13.5. The number of nitrogens with one attached hydrogen (secondary N) is 1. The second-order valence-electron chi connectivity index (χ2n) is 5.22. The minimum absolute atomic E-state index is 0.233. The van der Waals surface area contributed by atoms with E-state index in [2.05, 4.69) is 15.4 Å². The van der Waals surface area contributed by atoms with E-state index in [0.717, 1.165) is 5.82 Å². The normalized spacial score (nSPS) is 20.4. The fourth-order valence-electron chi connectivity index (χ4n) is 2.79. The van der Waals surface area contributed by atoms with E-state index in [-0.39, 0.29) is 11.1 Å². The molecule has 3 rings (SSSR count). The third-order valence-corrected chi connectivity index (χ3v) is 5.83. The van der Waals surface area contributed by atoms with Crippen LogP contribution in [0, 0.1) is 0 Å². The van der Waals surface area contributed by atoms with Crippen LogP contribution in [0.15, 0.2) is 29.7 Å². The first kappa shape index (κ1) is 15.2. The molecule has 0 aromatic carbocycles. The first-order valence-corrected chi connectivity index (χ1v) is 8.71. The van der Waals surface area contributed by atoms with E-state index < -0.39 is 10.0 Å². The number of nitrogens with zero attached hydrogens (tertiary/aromatic N) is 5. The molecule has 1 N–H and O–H groups in total. The molecule has 0 bridgehead atoms. The van der Waals surface area contributed by atoms with Crippen molar-refractivity contribution in [2.24, 2.45) is 7.05 Å². The highest BCUT2D eigenvalue weighted by Crippen LogP contribution is 2.27. The van der Waals surface area contributed by atoms with Crippen molar-refractivity contribution in [3.63, 3.8) is 0 Å². The van der Waals surface area contributed by atoms with Crippen LogP contribution < -0.4 is 5.32 Å². The van der Waals surface area contributed by atoms with Crippen LogP contribution in [0.4, 0.5) is 0 Å². The highest BCUT2D eigenvalue weighted by molar-refractivity contribution is 7.89. The quantitative estimate of drug-likeness (QED) is 0.854. The standard InChI is InChI=1S/C13H20N6O2S/c1-3-18-12(4-5-16-18)22(20,21)19-9-6-14-10-11(19)13-15-7-8-17(13)2/h4-5,7-8,11,14H,3,6,9-10H2,1-2H3. The fourth-order valence-corrected chi connectivity index (χ4v) is 4.54. The molecule has 22 heavy (non-hydrogen) atoms. The largest absolute Gasteiger partial charge is 0.337 e. The number of sulfonamides is 1. The summed E-state index contributed by atoms with van der Waals surface area (Å²) in [5, 5.41) is 7.55. The van der Waals surface area contributed by atoms with Gasteiger partial charge in [-0.2, -0.15) is 9.40 Å². The van der Waals surface area contributed by atoms with Crippen molar-refractivity contribution in [3.8, 4) is 0 Å². The van der Waals surface area contributed by atoms with Gasteiger partial charge in [-0.05, 0) is 13.0 Å². The van der Waals surface area contributed by atoms with Crippen LogP contribution in [0.25, 0.3) is 0 Å². The topological polar surface area (TPSA) is 85.1 Å². The van der Waals surface area contributed by atoms with Gasteiger partial charge < -0.3 is 9.88 Å². The summed E-state index contributed by atoms with van der Waals surface area (Å²) in [6.45, 7) is 3.97. The Labute approximate surface area is 129 Å². The van der Waals surface area contributed by atoms with E-state index in [9.17, 15) is 8.42 Å². The summed E-state index contributed by atoms with van der Waals surface area (Å²) in [6.07, 6.45) is 5.03. The van der Waals surface area contributed by atoms with E-state index in [1.807, 2.05) is 24.7 Å². The van der Waals surface area contributed by atoms with Crippen LogP contribution >= 0.6 is 0 Å². The molecule has 0 spiro atoms. The third-order valence-electron chi connectivity index (χ3n) is 3.90. The van der Waals surface area contributed by atoms with Crippen molar-refractivity contribution in [3.05, 3.63) is 30.5 Å². The number of aromatic nitrogens is 4. The summed E-state index contributed by atoms with van der Waals surface area (Å²) in [7, 11) is -1.74. The molecule has 0 aliphatic carbocycles. The second-order valence-corrected chi connectivity index (χ2v) is 7.05. The van der Waals surface area contributed by atoms with Gasteiger partial charge in [0, 0.05) is 45.6 Å². The molecule has 3 heterocycles. The first-order valence-electron chi connectivity index (χ1n) is 7.27. The molecule has 0 saturated carbocycles. The van der Waals surface area contributed by atoms with Crippen molar-refractivity contribution < 1.29 is 8.42 Å². The number of aryl methyl sites for hydroxylation is 2. The molecule has 9 heteroatoms. The molecule has 0 radical (unpaired) electrons. The van der Waals surface area contributed by atoms with Gasteiger partial charge >= 0.3 is 0 Å². The summed E-state index contributed by atoms with van der Waals surface area (Å²) in [4.78, 5) is 4.32. The highest BCUT2D eigenvalue weighted by atomic mass is 32.2. The third kappa shape index (κ3) is 2.44. The maximum atomic E-state index is 13.0. The van der Waals surface area contributed by atoms with Gasteiger partial charge in [0.1, 0.15) is 5.82 Å². The second kappa shape index (κ2) is 5.82. The summed E-state index contributed by atoms with van der Waals surface area (Å²) in [5.41, 5.74) is 0. The van der Waals surface area contributed by atoms with Crippen molar-refractivity contribution in [2.45, 2.75) is 24.5 Å². The summed E-state index contributed by atoms with van der Waals surface area (Å²) in [6, 6.07) is 1.23. The first-order chi connectivity index (χ1) is 10.6. The molecule has 1 aliphatic heterocycles. The van der Waals surface area contributed by atoms with Gasteiger partial charge in [-0.1, -0.05) is 0 Å². The van der Waals surface area contributed by atoms with Gasteiger partial charge in [0.25, 0.3) is 10.0 Å². The maximum Gasteiger partial charge on any atom is 0.260 e. The smallest absolute Gasteiger partial charge is 0.260 e. The number of imidazole rings is 1. The Hall–Kier alpha value is -1.71. The average molecular weight is 324 g/mol. The van der Waals surface area contributed by atoms with Gasteiger partial charge in [-0.25, -0.2) is 13.4 Å². The summed E-state index contributed by atoms with van der Waals surface area (Å²) in [5.74, 6) is 0.735. The van der Waals surface area contributed by atoms with E-state index >= 15 is 0 Å². The van der Waals surface area contributed by atoms with Crippen LogP contribution in [0.3, 0.4) is 0 Å². The molecule has 8 nitrogen and oxygen atoms in total. The Bertz CT molecular complexity index is 750. The zero-order chi connectivity index (χ0) is 15.7. The molecular formula is C13H20N6O2S. The Morgan fingerprint density at radius 3 is 2.91 bits per heavy atom. The van der Waals surface area contributed by atoms with Crippen molar-refractivity contribution in [1.82, 2.24) is 29.0 Å². The van der Waals surface area contributed by atoms with E-state index in [0.29, 0.717) is 26.2 Å². The number of hydrogen-bond donors (Lipinski definition) is 1. The molecule has 120 valence electrons. The molecule has 2 aromatic heterocycles. The Morgan fingerprint density at radius 2 is 2.23 bits per heavy atom. The number of rotatable bonds is 4. The van der Waals surface area contributed by atoms with Crippen molar-refractivity contribution in [2.75, 3.05) is 19.6 Å². The van der Waals surface area contributed by atoms with Crippen LogP contribution in [0.5, 0.6) is 0 Å². The Morgan fingerprint density at radius 1 is 1.41 bits per heavy atom. The number of piperazine rings is 1. The van der Waals surface area contributed by atoms with Gasteiger partial charge in [-0.3, -0.25) is 4.68 Å². The van der Waals surface area contributed by atoms with E-state index in [1.54, 1.807) is 12.3 Å². The SMILES string of the molecule is CCn1nccc1S(=O)(=O)N1CCNCC1c1nccn1C. The molecule has 1 aliphatic rings. The fraction of sp³-hybridized carbons (Fsp3) is 0.538. The predicted molar refractivity (Wildman–Crippen MR) is 80.6 cm³/mol. The molecule has 0 amide bonds. The molecule has 1 saturated heterocycles. The lowest BCUT2D eigenvalue weighted by molar-refractivity contribution is 0.256. The van der Waals surface area contributed by atoms with Crippen LogP contribution in [0.2, 0.25) is 0 Å². The lowest BCUT2D eigenvalue weighted by Crippen LogP contribution is -2.49. The summed E-state index contributed by atoms with van der Waals surface area (Å²) < 4.78 is 31.0. The minimum Gasteiger partial charge on any atom is -0.337 e. The Kier molecular flexibility index (Phi) is 4.02. The van der Waals surface area contributed by atoms with Gasteiger partial charge in [0.05, 0.1) is 12.2 Å². The van der Waals surface area contributed by atoms with Gasteiger partial charge in [0.2, 0.25) is 0 Å². The molecule has 1 fully saturated rings. The molecular weight excluding hydrogens is 304 g/mol. The Balaban J connectivity index is 2.02. The monoisotopic (exact) mass is 324 g/mol. The summed E-state index contributed by atoms with van der Waals surface area (Å²) >= 11 is 0. The van der Waals surface area contributed by atoms with Gasteiger partial charge in [0.15, 0.2) is 5.03 Å². The highest BCUT2D eigenvalue weighted by Gasteiger charge is 2.37. The minimum atomic E-state index is -3.61. The predicted octanol–water partition coefficient (Wildman–Crippen LogP) is -0.0283. The van der Waals surface area contributed by atoms with Crippen molar-refractivity contribution >= 4 is 10.0 Å². The van der Waals surface area contributed by atoms with Crippen LogP contribution in [-0.2, 0) is 23.6 Å². The molecule has 2 aromatic rings. The lowest BCUT2D eigenvalue weighted by Gasteiger charge is -2.34. The maximum absolute atomic E-state index is 13.0. The van der Waals surface area contributed by atoms with Crippen molar-refractivity contribution in [1.29, 1.82) is 0 Å². The lowest BCUT2D eigenvalue weighted by atomic mass is 10.2. The zero-order valence-electron chi connectivity index (χ0n) is 12.7. The molecule has 1 unspecified atom stereocenters.